The zero-order chi connectivity index (χ0) is 6.62. The van der Waals surface area contributed by atoms with Crippen LogP contribution in [0.1, 0.15) is 6.42 Å². The molecule has 0 aliphatic rings. The molecule has 8 heavy (non-hydrogen) atoms. The van der Waals surface area contributed by atoms with E-state index in [1.165, 1.54) is 0 Å². The number of hydrogen-bond donors (Lipinski definition) is 0. The Morgan fingerprint density at radius 1 is 1.75 bits per heavy atom. The van der Waals surface area contributed by atoms with Crippen LogP contribution in [-0.2, 0) is 4.74 Å². The minimum Gasteiger partial charge on any atom is -0.324 e. The van der Waals surface area contributed by atoms with E-state index in [2.05, 4.69) is 11.3 Å². The Balaban J connectivity index is 3.53. The third-order valence-electron chi connectivity index (χ3n) is 0.681. The summed E-state index contributed by atoms with van der Waals surface area (Å²) in [6.07, 6.45) is -2.34. The number of rotatable bonds is 3. The summed E-state index contributed by atoms with van der Waals surface area (Å²) in [6.45, 7) is 3.13. The van der Waals surface area contributed by atoms with E-state index < -0.39 is 12.5 Å². The van der Waals surface area contributed by atoms with Crippen molar-refractivity contribution in [2.24, 2.45) is 0 Å². The lowest BCUT2D eigenvalue weighted by atomic mass is 10.4. The smallest absolute Gasteiger partial charge is 0.324 e. The number of hydrogen-bond acceptors (Lipinski definition) is 1. The molecule has 0 N–H and O–H groups in total. The predicted molar refractivity (Wildman–Crippen MR) is 26.8 cm³/mol. The van der Waals surface area contributed by atoms with Crippen molar-refractivity contribution in [3.63, 3.8) is 0 Å². The molecule has 0 aromatic heterocycles. The molecule has 0 saturated carbocycles. The first-order chi connectivity index (χ1) is 3.62. The van der Waals surface area contributed by atoms with Gasteiger partial charge in [-0.2, -0.15) is 8.78 Å². The molecule has 0 atom stereocenters. The lowest BCUT2D eigenvalue weighted by Crippen LogP contribution is -2.16. The van der Waals surface area contributed by atoms with Crippen molar-refractivity contribution in [1.82, 2.24) is 0 Å². The molecule has 0 aliphatic heterocycles. The van der Waals surface area contributed by atoms with Crippen molar-refractivity contribution in [3.05, 3.63) is 12.7 Å². The summed E-state index contributed by atoms with van der Waals surface area (Å²) >= 11 is 0. The molecule has 0 radical (unpaired) electrons. The highest BCUT2D eigenvalue weighted by Crippen LogP contribution is 2.17. The van der Waals surface area contributed by atoms with E-state index >= 15 is 0 Å². The maximum absolute atomic E-state index is 11.9. The van der Waals surface area contributed by atoms with Crippen molar-refractivity contribution >= 4 is 0 Å². The topological polar surface area (TPSA) is 9.23 Å². The van der Waals surface area contributed by atoms with Crippen LogP contribution in [0.3, 0.4) is 0 Å². The van der Waals surface area contributed by atoms with Gasteiger partial charge in [-0.3, -0.25) is 0 Å². The van der Waals surface area contributed by atoms with Gasteiger partial charge >= 0.3 is 6.11 Å². The molecule has 0 saturated heterocycles. The van der Waals surface area contributed by atoms with Gasteiger partial charge in [0.1, 0.15) is 0 Å². The molecule has 0 bridgehead atoms. The molecule has 0 fully saturated rings. The Morgan fingerprint density at radius 3 is 2.38 bits per heavy atom. The van der Waals surface area contributed by atoms with Gasteiger partial charge in [0, 0.05) is 7.11 Å². The van der Waals surface area contributed by atoms with Crippen LogP contribution in [0.15, 0.2) is 12.7 Å². The molecule has 0 aromatic rings. The van der Waals surface area contributed by atoms with Crippen LogP contribution in [0.25, 0.3) is 0 Å². The predicted octanol–water partition coefficient (Wildman–Crippen LogP) is 1.80. The molecule has 0 spiro atoms. The van der Waals surface area contributed by atoms with Crippen LogP contribution in [0.2, 0.25) is 0 Å². The number of halogens is 2. The molecule has 0 unspecified atom stereocenters. The summed E-state index contributed by atoms with van der Waals surface area (Å²) in [5.41, 5.74) is 0. The SMILES string of the molecule is C=CCC(F)(F)OC. The molecule has 3 heteroatoms. The van der Waals surface area contributed by atoms with Crippen LogP contribution in [0, 0.1) is 0 Å². The van der Waals surface area contributed by atoms with Crippen LogP contribution in [-0.4, -0.2) is 13.2 Å². The van der Waals surface area contributed by atoms with Gasteiger partial charge in [0.15, 0.2) is 0 Å². The fourth-order valence-electron chi connectivity index (χ4n) is 0.251. The van der Waals surface area contributed by atoms with E-state index in [-0.39, 0.29) is 0 Å². The molecule has 0 aliphatic carbocycles. The summed E-state index contributed by atoms with van der Waals surface area (Å²) < 4.78 is 27.5. The van der Waals surface area contributed by atoms with Crippen LogP contribution >= 0.6 is 0 Å². The van der Waals surface area contributed by atoms with E-state index in [9.17, 15) is 8.78 Å². The lowest BCUT2D eigenvalue weighted by molar-refractivity contribution is -0.217. The Bertz CT molecular complexity index is 80.5. The molecule has 0 aromatic carbocycles. The maximum atomic E-state index is 11.9. The Labute approximate surface area is 47.0 Å². The normalized spacial score (nSPS) is 11.4. The zero-order valence-electron chi connectivity index (χ0n) is 4.66. The fraction of sp³-hybridized carbons (Fsp3) is 0.600. The monoisotopic (exact) mass is 122 g/mol. The Hall–Kier alpha value is -0.440. The first kappa shape index (κ1) is 7.56. The molecule has 48 valence electrons. The second kappa shape index (κ2) is 2.77. The van der Waals surface area contributed by atoms with Gasteiger partial charge in [0.05, 0.1) is 6.42 Å². The molecular formula is C5H8F2O. The highest BCUT2D eigenvalue weighted by Gasteiger charge is 2.25. The summed E-state index contributed by atoms with van der Waals surface area (Å²) in [5.74, 6) is 0. The first-order valence-electron chi connectivity index (χ1n) is 2.16. The summed E-state index contributed by atoms with van der Waals surface area (Å²) in [6, 6.07) is 0. The van der Waals surface area contributed by atoms with E-state index in [0.29, 0.717) is 0 Å². The zero-order valence-corrected chi connectivity index (χ0v) is 4.66. The van der Waals surface area contributed by atoms with E-state index in [1.54, 1.807) is 0 Å². The second-order valence-corrected chi connectivity index (χ2v) is 1.33. The summed E-state index contributed by atoms with van der Waals surface area (Å²) in [4.78, 5) is 0. The molecule has 0 heterocycles. The summed E-state index contributed by atoms with van der Waals surface area (Å²) in [5, 5.41) is 0. The standard InChI is InChI=1S/C5H8F2O/c1-3-4-5(6,7)8-2/h3H,1,4H2,2H3. The van der Waals surface area contributed by atoms with Gasteiger partial charge in [-0.15, -0.1) is 6.58 Å². The van der Waals surface area contributed by atoms with Gasteiger partial charge in [0.25, 0.3) is 0 Å². The van der Waals surface area contributed by atoms with Crippen LogP contribution < -0.4 is 0 Å². The second-order valence-electron chi connectivity index (χ2n) is 1.33. The van der Waals surface area contributed by atoms with Crippen molar-refractivity contribution in [2.45, 2.75) is 12.5 Å². The molecule has 1 nitrogen and oxygen atoms in total. The fourth-order valence-corrected chi connectivity index (χ4v) is 0.251. The minimum absolute atomic E-state index is 0.427. The highest BCUT2D eigenvalue weighted by atomic mass is 19.3. The van der Waals surface area contributed by atoms with Crippen LogP contribution in [0.4, 0.5) is 8.78 Å². The minimum atomic E-state index is -3.03. The maximum Gasteiger partial charge on any atom is 0.358 e. The average molecular weight is 122 g/mol. The average Bonchev–Trinajstić information content (AvgIpc) is 1.67. The molecule has 0 amide bonds. The quantitative estimate of drug-likeness (QED) is 0.518. The van der Waals surface area contributed by atoms with Crippen molar-refractivity contribution in [1.29, 1.82) is 0 Å². The molecular weight excluding hydrogens is 114 g/mol. The van der Waals surface area contributed by atoms with Gasteiger partial charge < -0.3 is 4.74 Å². The number of ether oxygens (including phenoxy) is 1. The van der Waals surface area contributed by atoms with Crippen molar-refractivity contribution in [2.75, 3.05) is 7.11 Å². The van der Waals surface area contributed by atoms with E-state index in [0.717, 1.165) is 13.2 Å². The van der Waals surface area contributed by atoms with E-state index in [4.69, 9.17) is 0 Å². The Morgan fingerprint density at radius 2 is 2.25 bits per heavy atom. The van der Waals surface area contributed by atoms with Gasteiger partial charge in [-0.05, 0) is 0 Å². The van der Waals surface area contributed by atoms with Gasteiger partial charge in [-0.25, -0.2) is 0 Å². The highest BCUT2D eigenvalue weighted by molar-refractivity contribution is 4.71. The van der Waals surface area contributed by atoms with Crippen LogP contribution in [0.5, 0.6) is 0 Å². The first-order valence-corrected chi connectivity index (χ1v) is 2.16. The van der Waals surface area contributed by atoms with Crippen molar-refractivity contribution in [3.8, 4) is 0 Å². The summed E-state index contributed by atoms with van der Waals surface area (Å²) in [7, 11) is 0.962. The van der Waals surface area contributed by atoms with Gasteiger partial charge in [0.2, 0.25) is 0 Å². The third kappa shape index (κ3) is 2.69. The third-order valence-corrected chi connectivity index (χ3v) is 0.681. The Kier molecular flexibility index (Phi) is 2.62. The van der Waals surface area contributed by atoms with Crippen molar-refractivity contribution < 1.29 is 13.5 Å². The van der Waals surface area contributed by atoms with Gasteiger partial charge in [-0.1, -0.05) is 6.08 Å². The lowest BCUT2D eigenvalue weighted by Gasteiger charge is -2.09. The van der Waals surface area contributed by atoms with E-state index in [1.807, 2.05) is 0 Å². The number of alkyl halides is 2. The number of methoxy groups -OCH3 is 1. The molecule has 0 rings (SSSR count). The largest absolute Gasteiger partial charge is 0.358 e.